The maximum absolute atomic E-state index is 11.8. The van der Waals surface area contributed by atoms with Gasteiger partial charge in [0.2, 0.25) is 0 Å². The standard InChI is InChI=1S/C17H18N2O3S/c1-12-6-8-14(9-7-12)22-11-16(20)19-17(23)18-13-4-3-5-15(10-13)21-2/h3-10H,11H2,1-2H3,(H2,18,19,20,23). The number of hydrogen-bond acceptors (Lipinski definition) is 4. The molecule has 0 aliphatic rings. The van der Waals surface area contributed by atoms with Crippen LogP contribution in [-0.4, -0.2) is 24.7 Å². The number of ether oxygens (including phenoxy) is 2. The molecule has 0 saturated carbocycles. The number of carbonyl (C=O) groups is 1. The molecule has 0 spiro atoms. The van der Waals surface area contributed by atoms with Crippen molar-refractivity contribution >= 4 is 28.9 Å². The molecule has 0 unspecified atom stereocenters. The highest BCUT2D eigenvalue weighted by atomic mass is 32.1. The number of amides is 1. The molecule has 6 heteroatoms. The second-order valence-corrected chi connectivity index (χ2v) is 5.24. The summed E-state index contributed by atoms with van der Waals surface area (Å²) in [4.78, 5) is 11.8. The Morgan fingerprint density at radius 3 is 2.57 bits per heavy atom. The normalized spacial score (nSPS) is 9.83. The molecule has 0 radical (unpaired) electrons. The van der Waals surface area contributed by atoms with Gasteiger partial charge in [-0.3, -0.25) is 10.1 Å². The van der Waals surface area contributed by atoms with E-state index < -0.39 is 0 Å². The number of methoxy groups -OCH3 is 1. The lowest BCUT2D eigenvalue weighted by Gasteiger charge is -2.11. The van der Waals surface area contributed by atoms with E-state index in [1.54, 1.807) is 13.2 Å². The summed E-state index contributed by atoms with van der Waals surface area (Å²) in [5, 5.41) is 5.68. The molecular formula is C17H18N2O3S. The number of benzene rings is 2. The summed E-state index contributed by atoms with van der Waals surface area (Å²) < 4.78 is 10.5. The minimum atomic E-state index is -0.328. The van der Waals surface area contributed by atoms with Crippen molar-refractivity contribution in [1.29, 1.82) is 0 Å². The Labute approximate surface area is 140 Å². The summed E-state index contributed by atoms with van der Waals surface area (Å²) in [6.45, 7) is 1.88. The third-order valence-corrected chi connectivity index (χ3v) is 3.18. The molecule has 0 aromatic heterocycles. The molecule has 5 nitrogen and oxygen atoms in total. The quantitative estimate of drug-likeness (QED) is 0.826. The third kappa shape index (κ3) is 5.60. The van der Waals surface area contributed by atoms with E-state index in [4.69, 9.17) is 21.7 Å². The fraction of sp³-hybridized carbons (Fsp3) is 0.176. The molecule has 0 atom stereocenters. The highest BCUT2D eigenvalue weighted by Crippen LogP contribution is 2.16. The zero-order valence-electron chi connectivity index (χ0n) is 13.0. The summed E-state index contributed by atoms with van der Waals surface area (Å²) in [5.41, 5.74) is 1.86. The molecule has 0 bridgehead atoms. The largest absolute Gasteiger partial charge is 0.497 e. The summed E-state index contributed by atoms with van der Waals surface area (Å²) in [6.07, 6.45) is 0. The molecule has 2 N–H and O–H groups in total. The van der Waals surface area contributed by atoms with Crippen molar-refractivity contribution in [3.8, 4) is 11.5 Å². The van der Waals surface area contributed by atoms with Gasteiger partial charge in [0.1, 0.15) is 11.5 Å². The molecular weight excluding hydrogens is 312 g/mol. The van der Waals surface area contributed by atoms with Gasteiger partial charge < -0.3 is 14.8 Å². The van der Waals surface area contributed by atoms with E-state index in [9.17, 15) is 4.79 Å². The molecule has 23 heavy (non-hydrogen) atoms. The molecule has 0 aliphatic carbocycles. The lowest BCUT2D eigenvalue weighted by molar-refractivity contribution is -0.121. The van der Waals surface area contributed by atoms with Gasteiger partial charge in [-0.1, -0.05) is 23.8 Å². The minimum absolute atomic E-state index is 0.108. The molecule has 0 heterocycles. The number of nitrogens with one attached hydrogen (secondary N) is 2. The molecule has 0 fully saturated rings. The van der Waals surface area contributed by atoms with E-state index in [-0.39, 0.29) is 17.6 Å². The van der Waals surface area contributed by atoms with Crippen LogP contribution < -0.4 is 20.1 Å². The highest BCUT2D eigenvalue weighted by Gasteiger charge is 2.06. The van der Waals surface area contributed by atoms with E-state index >= 15 is 0 Å². The smallest absolute Gasteiger partial charge is 0.264 e. The number of carbonyl (C=O) groups excluding carboxylic acids is 1. The van der Waals surface area contributed by atoms with Crippen molar-refractivity contribution in [2.75, 3.05) is 19.0 Å². The van der Waals surface area contributed by atoms with Crippen LogP contribution >= 0.6 is 12.2 Å². The highest BCUT2D eigenvalue weighted by molar-refractivity contribution is 7.80. The number of aryl methyl sites for hydroxylation is 1. The van der Waals surface area contributed by atoms with Crippen molar-refractivity contribution in [1.82, 2.24) is 5.32 Å². The molecule has 2 aromatic carbocycles. The third-order valence-electron chi connectivity index (χ3n) is 2.97. The summed E-state index contributed by atoms with van der Waals surface area (Å²) in [7, 11) is 1.58. The molecule has 0 aliphatic heterocycles. The predicted molar refractivity (Wildman–Crippen MR) is 94.0 cm³/mol. The number of rotatable bonds is 5. The van der Waals surface area contributed by atoms with Crippen molar-refractivity contribution in [2.45, 2.75) is 6.92 Å². The fourth-order valence-electron chi connectivity index (χ4n) is 1.81. The average molecular weight is 330 g/mol. The Hall–Kier alpha value is -2.60. The first-order valence-electron chi connectivity index (χ1n) is 7.01. The summed E-state index contributed by atoms with van der Waals surface area (Å²) in [5.74, 6) is 1.01. The SMILES string of the molecule is COc1cccc(NC(=S)NC(=O)COc2ccc(C)cc2)c1. The average Bonchev–Trinajstić information content (AvgIpc) is 2.54. The Bertz CT molecular complexity index is 686. The van der Waals surface area contributed by atoms with Gasteiger partial charge in [-0.2, -0.15) is 0 Å². The van der Waals surface area contributed by atoms with E-state index in [0.29, 0.717) is 11.5 Å². The van der Waals surface area contributed by atoms with Crippen LogP contribution in [-0.2, 0) is 4.79 Å². The monoisotopic (exact) mass is 330 g/mol. The van der Waals surface area contributed by atoms with Gasteiger partial charge in [0.05, 0.1) is 7.11 Å². The summed E-state index contributed by atoms with van der Waals surface area (Å²) in [6, 6.07) is 14.7. The van der Waals surface area contributed by atoms with Crippen LogP contribution in [0.5, 0.6) is 11.5 Å². The molecule has 0 saturated heterocycles. The van der Waals surface area contributed by atoms with E-state index in [1.807, 2.05) is 49.4 Å². The van der Waals surface area contributed by atoms with Crippen LogP contribution in [0.2, 0.25) is 0 Å². The first-order chi connectivity index (χ1) is 11.1. The Kier molecular flexibility index (Phi) is 5.94. The Morgan fingerprint density at radius 1 is 1.13 bits per heavy atom. The molecule has 1 amide bonds. The van der Waals surface area contributed by atoms with Gasteiger partial charge >= 0.3 is 0 Å². The maximum Gasteiger partial charge on any atom is 0.264 e. The minimum Gasteiger partial charge on any atom is -0.497 e. The fourth-order valence-corrected chi connectivity index (χ4v) is 2.04. The Morgan fingerprint density at radius 2 is 1.87 bits per heavy atom. The predicted octanol–water partition coefficient (Wildman–Crippen LogP) is 2.90. The lowest BCUT2D eigenvalue weighted by atomic mass is 10.2. The molecule has 120 valence electrons. The van der Waals surface area contributed by atoms with E-state index in [0.717, 1.165) is 11.3 Å². The topological polar surface area (TPSA) is 59.6 Å². The first kappa shape index (κ1) is 16.8. The van der Waals surface area contributed by atoms with Crippen LogP contribution in [0.4, 0.5) is 5.69 Å². The van der Waals surface area contributed by atoms with Crippen molar-refractivity contribution in [3.05, 3.63) is 54.1 Å². The van der Waals surface area contributed by atoms with Gasteiger partial charge in [-0.15, -0.1) is 0 Å². The van der Waals surface area contributed by atoms with Crippen molar-refractivity contribution in [2.24, 2.45) is 0 Å². The van der Waals surface area contributed by atoms with Crippen LogP contribution in [0.1, 0.15) is 5.56 Å². The van der Waals surface area contributed by atoms with E-state index in [2.05, 4.69) is 10.6 Å². The van der Waals surface area contributed by atoms with Gasteiger partial charge in [-0.05, 0) is 43.4 Å². The van der Waals surface area contributed by atoms with Crippen LogP contribution in [0.15, 0.2) is 48.5 Å². The van der Waals surface area contributed by atoms with Crippen LogP contribution in [0.25, 0.3) is 0 Å². The Balaban J connectivity index is 1.80. The van der Waals surface area contributed by atoms with Gasteiger partial charge in [0, 0.05) is 11.8 Å². The van der Waals surface area contributed by atoms with Gasteiger partial charge in [0.15, 0.2) is 11.7 Å². The first-order valence-corrected chi connectivity index (χ1v) is 7.42. The number of thiocarbonyl (C=S) groups is 1. The molecule has 2 rings (SSSR count). The van der Waals surface area contributed by atoms with Crippen molar-refractivity contribution < 1.29 is 14.3 Å². The van der Waals surface area contributed by atoms with E-state index in [1.165, 1.54) is 0 Å². The molecule has 2 aromatic rings. The van der Waals surface area contributed by atoms with Gasteiger partial charge in [-0.25, -0.2) is 0 Å². The van der Waals surface area contributed by atoms with Gasteiger partial charge in [0.25, 0.3) is 5.91 Å². The van der Waals surface area contributed by atoms with Crippen molar-refractivity contribution in [3.63, 3.8) is 0 Å². The number of anilines is 1. The van der Waals surface area contributed by atoms with Crippen LogP contribution in [0, 0.1) is 6.92 Å². The zero-order valence-corrected chi connectivity index (χ0v) is 13.8. The maximum atomic E-state index is 11.8. The number of hydrogen-bond donors (Lipinski definition) is 2. The van der Waals surface area contributed by atoms with Crippen LogP contribution in [0.3, 0.4) is 0 Å². The second-order valence-electron chi connectivity index (χ2n) is 4.84. The lowest BCUT2D eigenvalue weighted by Crippen LogP contribution is -2.37. The summed E-state index contributed by atoms with van der Waals surface area (Å²) >= 11 is 5.10. The second kappa shape index (κ2) is 8.14. The zero-order chi connectivity index (χ0) is 16.7.